The maximum atomic E-state index is 10.6. The van der Waals surface area contributed by atoms with Crippen LogP contribution in [0.4, 0.5) is 0 Å². The summed E-state index contributed by atoms with van der Waals surface area (Å²) in [4.78, 5) is 10.6. The van der Waals surface area contributed by atoms with Gasteiger partial charge in [-0.3, -0.25) is 0 Å². The number of ether oxygens (including phenoxy) is 1. The second kappa shape index (κ2) is 7.30. The summed E-state index contributed by atoms with van der Waals surface area (Å²) in [7, 11) is 0. The Morgan fingerprint density at radius 3 is 2.85 bits per heavy atom. The molecule has 106 valence electrons. The van der Waals surface area contributed by atoms with Crippen LogP contribution >= 0.6 is 0 Å². The van der Waals surface area contributed by atoms with Gasteiger partial charge in [0.15, 0.2) is 11.5 Å². The number of rotatable bonds is 8. The minimum absolute atomic E-state index is 0.0748. The molecule has 0 bridgehead atoms. The van der Waals surface area contributed by atoms with Crippen molar-refractivity contribution < 1.29 is 19.2 Å². The molecule has 20 heavy (non-hydrogen) atoms. The Kier molecular flexibility index (Phi) is 5.14. The molecule has 0 unspecified atom stereocenters. The highest BCUT2D eigenvalue weighted by atomic mass is 16.5. The molecular formula is C14H16N2O4. The molecule has 0 fully saturated rings. The normalized spacial score (nSPS) is 10.4. The van der Waals surface area contributed by atoms with Crippen molar-refractivity contribution in [3.05, 3.63) is 47.9 Å². The molecule has 1 aromatic heterocycles. The number of carbonyl (C=O) groups is 1. The van der Waals surface area contributed by atoms with Crippen LogP contribution in [0.15, 0.2) is 40.9 Å². The van der Waals surface area contributed by atoms with E-state index >= 15 is 0 Å². The minimum Gasteiger partial charge on any atom is -0.494 e. The summed E-state index contributed by atoms with van der Waals surface area (Å²) in [5, 5.41) is 15.3. The van der Waals surface area contributed by atoms with Crippen molar-refractivity contribution in [1.82, 2.24) is 10.5 Å². The van der Waals surface area contributed by atoms with Crippen LogP contribution in [0.5, 0.6) is 5.75 Å². The number of aromatic carboxylic acids is 1. The van der Waals surface area contributed by atoms with Gasteiger partial charge in [0.05, 0.1) is 13.2 Å². The fourth-order valence-corrected chi connectivity index (χ4v) is 1.61. The summed E-state index contributed by atoms with van der Waals surface area (Å²) in [6.45, 7) is 1.81. The SMILES string of the molecule is O=C(O)c1cc(CNCCCOc2ccccc2)on1. The van der Waals surface area contributed by atoms with Crippen molar-refractivity contribution in [2.75, 3.05) is 13.2 Å². The highest BCUT2D eigenvalue weighted by Gasteiger charge is 2.09. The van der Waals surface area contributed by atoms with Crippen molar-refractivity contribution in [1.29, 1.82) is 0 Å². The average molecular weight is 276 g/mol. The number of para-hydroxylation sites is 1. The molecule has 1 heterocycles. The molecule has 2 rings (SSSR count). The zero-order valence-electron chi connectivity index (χ0n) is 10.9. The molecule has 0 saturated heterocycles. The molecular weight excluding hydrogens is 260 g/mol. The summed E-state index contributed by atoms with van der Waals surface area (Å²) in [5.74, 6) is 0.275. The van der Waals surface area contributed by atoms with Crippen LogP contribution < -0.4 is 10.1 Å². The summed E-state index contributed by atoms with van der Waals surface area (Å²) in [6.07, 6.45) is 0.842. The third kappa shape index (κ3) is 4.40. The van der Waals surface area contributed by atoms with Crippen molar-refractivity contribution in [3.8, 4) is 5.75 Å². The Balaban J connectivity index is 1.58. The first-order valence-electron chi connectivity index (χ1n) is 6.33. The standard InChI is InChI=1S/C14H16N2O4/c17-14(18)13-9-12(20-16-13)10-15-7-4-8-19-11-5-2-1-3-6-11/h1-3,5-6,9,15H,4,7-8,10H2,(H,17,18). The summed E-state index contributed by atoms with van der Waals surface area (Å²) < 4.78 is 10.4. The Bertz CT molecular complexity index is 539. The maximum Gasteiger partial charge on any atom is 0.358 e. The van der Waals surface area contributed by atoms with E-state index in [0.717, 1.165) is 18.7 Å². The van der Waals surface area contributed by atoms with E-state index < -0.39 is 5.97 Å². The third-order valence-corrected chi connectivity index (χ3v) is 2.59. The zero-order chi connectivity index (χ0) is 14.2. The van der Waals surface area contributed by atoms with Gasteiger partial charge in [0.1, 0.15) is 5.75 Å². The first kappa shape index (κ1) is 14.1. The second-order valence-electron chi connectivity index (χ2n) is 4.18. The van der Waals surface area contributed by atoms with Gasteiger partial charge in [-0.05, 0) is 25.1 Å². The molecule has 0 aliphatic rings. The average Bonchev–Trinajstić information content (AvgIpc) is 2.93. The lowest BCUT2D eigenvalue weighted by Gasteiger charge is -2.05. The van der Waals surface area contributed by atoms with E-state index in [1.165, 1.54) is 6.07 Å². The van der Waals surface area contributed by atoms with E-state index in [1.54, 1.807) is 0 Å². The van der Waals surface area contributed by atoms with Gasteiger partial charge in [-0.1, -0.05) is 23.4 Å². The van der Waals surface area contributed by atoms with Crippen molar-refractivity contribution >= 4 is 5.97 Å². The first-order chi connectivity index (χ1) is 9.75. The number of nitrogens with zero attached hydrogens (tertiary/aromatic N) is 1. The predicted molar refractivity (Wildman–Crippen MR) is 71.7 cm³/mol. The molecule has 0 aliphatic heterocycles. The van der Waals surface area contributed by atoms with Crippen LogP contribution in [-0.2, 0) is 6.54 Å². The lowest BCUT2D eigenvalue weighted by Crippen LogP contribution is -2.16. The molecule has 2 N–H and O–H groups in total. The van der Waals surface area contributed by atoms with E-state index in [2.05, 4.69) is 10.5 Å². The maximum absolute atomic E-state index is 10.6. The van der Waals surface area contributed by atoms with Crippen LogP contribution in [0.3, 0.4) is 0 Å². The fourth-order valence-electron chi connectivity index (χ4n) is 1.61. The smallest absolute Gasteiger partial charge is 0.358 e. The van der Waals surface area contributed by atoms with Gasteiger partial charge < -0.3 is 19.7 Å². The van der Waals surface area contributed by atoms with E-state index in [0.29, 0.717) is 18.9 Å². The second-order valence-corrected chi connectivity index (χ2v) is 4.18. The zero-order valence-corrected chi connectivity index (χ0v) is 10.9. The van der Waals surface area contributed by atoms with Crippen LogP contribution in [0.25, 0.3) is 0 Å². The number of aromatic nitrogens is 1. The largest absolute Gasteiger partial charge is 0.494 e. The Labute approximate surface area is 116 Å². The van der Waals surface area contributed by atoms with Gasteiger partial charge >= 0.3 is 5.97 Å². The summed E-state index contributed by atoms with van der Waals surface area (Å²) in [6, 6.07) is 11.0. The lowest BCUT2D eigenvalue weighted by molar-refractivity contribution is 0.0685. The molecule has 2 aromatic rings. The van der Waals surface area contributed by atoms with Crippen LogP contribution in [-0.4, -0.2) is 29.4 Å². The molecule has 0 atom stereocenters. The van der Waals surface area contributed by atoms with E-state index in [4.69, 9.17) is 14.4 Å². The molecule has 0 amide bonds. The van der Waals surface area contributed by atoms with Crippen molar-refractivity contribution in [3.63, 3.8) is 0 Å². The fraction of sp³-hybridized carbons (Fsp3) is 0.286. The number of carboxylic acid groups (broad SMARTS) is 1. The van der Waals surface area contributed by atoms with Crippen LogP contribution in [0, 0.1) is 0 Å². The van der Waals surface area contributed by atoms with E-state index in [-0.39, 0.29) is 5.69 Å². The molecule has 6 heteroatoms. The van der Waals surface area contributed by atoms with Gasteiger partial charge in [-0.25, -0.2) is 4.79 Å². The van der Waals surface area contributed by atoms with Gasteiger partial charge in [0, 0.05) is 6.07 Å². The monoisotopic (exact) mass is 276 g/mol. The lowest BCUT2D eigenvalue weighted by atomic mass is 10.3. The van der Waals surface area contributed by atoms with Gasteiger partial charge in [0.2, 0.25) is 0 Å². The molecule has 6 nitrogen and oxygen atoms in total. The Morgan fingerprint density at radius 1 is 1.35 bits per heavy atom. The highest BCUT2D eigenvalue weighted by Crippen LogP contribution is 2.08. The van der Waals surface area contributed by atoms with Crippen molar-refractivity contribution in [2.24, 2.45) is 0 Å². The van der Waals surface area contributed by atoms with Gasteiger partial charge in [-0.15, -0.1) is 0 Å². The van der Waals surface area contributed by atoms with Crippen molar-refractivity contribution in [2.45, 2.75) is 13.0 Å². The molecule has 0 spiro atoms. The number of hydrogen-bond donors (Lipinski definition) is 2. The Morgan fingerprint density at radius 2 is 2.15 bits per heavy atom. The number of benzene rings is 1. The first-order valence-corrected chi connectivity index (χ1v) is 6.33. The molecule has 0 aliphatic carbocycles. The highest BCUT2D eigenvalue weighted by molar-refractivity contribution is 5.85. The van der Waals surface area contributed by atoms with E-state index in [9.17, 15) is 4.79 Å². The van der Waals surface area contributed by atoms with Gasteiger partial charge in [-0.2, -0.15) is 0 Å². The number of hydrogen-bond acceptors (Lipinski definition) is 5. The third-order valence-electron chi connectivity index (χ3n) is 2.59. The van der Waals surface area contributed by atoms with E-state index in [1.807, 2.05) is 30.3 Å². The van der Waals surface area contributed by atoms with Crippen LogP contribution in [0.2, 0.25) is 0 Å². The number of nitrogens with one attached hydrogen (secondary N) is 1. The predicted octanol–water partition coefficient (Wildman–Crippen LogP) is 1.93. The quantitative estimate of drug-likeness (QED) is 0.717. The summed E-state index contributed by atoms with van der Waals surface area (Å²) in [5.41, 5.74) is -0.0748. The number of carboxylic acids is 1. The topological polar surface area (TPSA) is 84.6 Å². The Hall–Kier alpha value is -2.34. The van der Waals surface area contributed by atoms with Crippen LogP contribution in [0.1, 0.15) is 22.7 Å². The molecule has 0 saturated carbocycles. The minimum atomic E-state index is -1.09. The van der Waals surface area contributed by atoms with Gasteiger partial charge in [0.25, 0.3) is 0 Å². The molecule has 0 radical (unpaired) electrons. The summed E-state index contributed by atoms with van der Waals surface area (Å²) >= 11 is 0. The molecule has 1 aromatic carbocycles.